The predicted molar refractivity (Wildman–Crippen MR) is 227 cm³/mol. The zero-order valence-corrected chi connectivity index (χ0v) is 29.2. The minimum Gasteiger partial charge on any atom is -0.456 e. The molecule has 0 spiro atoms. The molecule has 1 aliphatic rings. The van der Waals surface area contributed by atoms with E-state index < -0.39 is 0 Å². The third kappa shape index (κ3) is 3.62. The van der Waals surface area contributed by atoms with Crippen LogP contribution in [-0.2, 0) is 5.41 Å². The van der Waals surface area contributed by atoms with E-state index in [1.54, 1.807) is 0 Å². The SMILES string of the molecule is Bc1c(B)c(B)c(-c2ccc3ccc4c(-c5cc6oc7ccccc7c6c6c5-c5ccccc5C6(C)C)ccc5ccc2c3c54)c(B)c1B. The van der Waals surface area contributed by atoms with Gasteiger partial charge >= 0.3 is 0 Å². The van der Waals surface area contributed by atoms with Crippen LogP contribution in [0.15, 0.2) is 108 Å². The van der Waals surface area contributed by atoms with Crippen molar-refractivity contribution in [2.24, 2.45) is 0 Å². The minimum absolute atomic E-state index is 0.175. The molecule has 10 rings (SSSR count). The third-order valence-corrected chi connectivity index (χ3v) is 12.4. The second-order valence-electron chi connectivity index (χ2n) is 15.0. The quantitative estimate of drug-likeness (QED) is 0.214. The molecule has 0 radical (unpaired) electrons. The largest absolute Gasteiger partial charge is 0.456 e. The lowest BCUT2D eigenvalue weighted by Gasteiger charge is -2.24. The first-order chi connectivity index (χ1) is 23.7. The monoisotopic (exact) mass is 620 g/mol. The smallest absolute Gasteiger partial charge is 0.139 e. The van der Waals surface area contributed by atoms with Gasteiger partial charge in [-0.2, -0.15) is 0 Å². The van der Waals surface area contributed by atoms with Gasteiger partial charge in [-0.1, -0.05) is 116 Å². The van der Waals surface area contributed by atoms with Crippen molar-refractivity contribution in [1.29, 1.82) is 0 Å². The van der Waals surface area contributed by atoms with Gasteiger partial charge in [-0.3, -0.25) is 0 Å². The van der Waals surface area contributed by atoms with Crippen molar-refractivity contribution < 1.29 is 4.42 Å². The number of para-hydroxylation sites is 1. The summed E-state index contributed by atoms with van der Waals surface area (Å²) < 4.78 is 6.67. The number of fused-ring (bicyclic) bond motifs is 7. The highest BCUT2D eigenvalue weighted by Crippen LogP contribution is 2.57. The van der Waals surface area contributed by atoms with E-state index in [0.29, 0.717) is 0 Å². The van der Waals surface area contributed by atoms with Crippen LogP contribution in [0, 0.1) is 0 Å². The lowest BCUT2D eigenvalue weighted by Crippen LogP contribution is -2.55. The van der Waals surface area contributed by atoms with Crippen LogP contribution < -0.4 is 27.3 Å². The Hall–Kier alpha value is -5.08. The number of hydrogen-bond acceptors (Lipinski definition) is 1. The van der Waals surface area contributed by atoms with E-state index in [1.807, 2.05) is 0 Å². The van der Waals surface area contributed by atoms with Gasteiger partial charge in [0.05, 0.1) is 0 Å². The Bertz CT molecular complexity index is 2890. The van der Waals surface area contributed by atoms with E-state index >= 15 is 0 Å². The third-order valence-electron chi connectivity index (χ3n) is 12.4. The minimum atomic E-state index is -0.175. The molecule has 1 aliphatic carbocycles. The van der Waals surface area contributed by atoms with E-state index in [2.05, 4.69) is 156 Å². The van der Waals surface area contributed by atoms with Gasteiger partial charge < -0.3 is 4.42 Å². The Labute approximate surface area is 291 Å². The van der Waals surface area contributed by atoms with Crippen molar-refractivity contribution in [2.75, 3.05) is 0 Å². The molecule has 1 nitrogen and oxygen atoms in total. The van der Waals surface area contributed by atoms with E-state index in [-0.39, 0.29) is 5.41 Å². The molecule has 0 saturated heterocycles. The molecule has 0 unspecified atom stereocenters. The van der Waals surface area contributed by atoms with Crippen molar-refractivity contribution >= 4 is 121 Å². The van der Waals surface area contributed by atoms with Crippen molar-refractivity contribution in [3.8, 4) is 33.4 Å². The molecule has 1 aromatic heterocycles. The van der Waals surface area contributed by atoms with Crippen LogP contribution >= 0.6 is 0 Å². The van der Waals surface area contributed by atoms with Crippen molar-refractivity contribution in [3.63, 3.8) is 0 Å². The molecular weight excluding hydrogens is 587 g/mol. The molecule has 0 fully saturated rings. The molecule has 226 valence electrons. The van der Waals surface area contributed by atoms with Gasteiger partial charge in [0.2, 0.25) is 0 Å². The summed E-state index contributed by atoms with van der Waals surface area (Å²) in [5.74, 6) is 0. The van der Waals surface area contributed by atoms with Crippen LogP contribution in [0.5, 0.6) is 0 Å². The molecule has 0 saturated carbocycles. The van der Waals surface area contributed by atoms with Crippen molar-refractivity contribution in [1.82, 2.24) is 0 Å². The van der Waals surface area contributed by atoms with Crippen LogP contribution in [0.25, 0.3) is 87.6 Å². The maximum atomic E-state index is 6.67. The van der Waals surface area contributed by atoms with Crippen LogP contribution in [0.1, 0.15) is 25.0 Å². The van der Waals surface area contributed by atoms with E-state index in [4.69, 9.17) is 4.42 Å². The summed E-state index contributed by atoms with van der Waals surface area (Å²) in [6, 6.07) is 38.6. The first-order valence-corrected chi connectivity index (χ1v) is 17.5. The maximum absolute atomic E-state index is 6.67. The predicted octanol–water partition coefficient (Wildman–Crippen LogP) is 3.42. The molecule has 0 bridgehead atoms. The average molecular weight is 620 g/mol. The summed E-state index contributed by atoms with van der Waals surface area (Å²) >= 11 is 0. The Morgan fingerprint density at radius 3 is 1.73 bits per heavy atom. The van der Waals surface area contributed by atoms with E-state index in [1.165, 1.54) is 115 Å². The first-order valence-electron chi connectivity index (χ1n) is 17.5. The first kappa shape index (κ1) is 28.9. The molecule has 0 atom stereocenters. The van der Waals surface area contributed by atoms with Gasteiger partial charge in [0.15, 0.2) is 0 Å². The fraction of sp³-hybridized carbons (Fsp3) is 0.0698. The lowest BCUT2D eigenvalue weighted by atomic mass is 9.59. The van der Waals surface area contributed by atoms with Gasteiger partial charge in [-0.25, -0.2) is 0 Å². The normalized spacial score (nSPS) is 13.7. The summed E-state index contributed by atoms with van der Waals surface area (Å²) in [5.41, 5.74) is 19.3. The fourth-order valence-corrected chi connectivity index (χ4v) is 9.54. The standard InChI is InChI=1S/C43H33B5O/c1-43(2)29-9-5-3-7-26(29)34-28(19-31-35(37(34)43)27-8-4-6-10-30(27)49-31)22-15-11-20-13-17-24-25(18-14-21-12-16-23(22)32(20)33(21)24)36-38(44)40(46)42(48)41(47)39(36)45/h3-19H,44-48H2,1-2H3. The Balaban J connectivity index is 1.34. The molecule has 8 aromatic carbocycles. The summed E-state index contributed by atoms with van der Waals surface area (Å²) in [7, 11) is 11.4. The van der Waals surface area contributed by atoms with Gasteiger partial charge in [0.1, 0.15) is 50.4 Å². The molecule has 0 N–H and O–H groups in total. The molecular formula is C43H33B5O. The number of benzene rings is 8. The number of hydrogen-bond donors (Lipinski definition) is 0. The summed E-state index contributed by atoms with van der Waals surface area (Å²) in [4.78, 5) is 0. The van der Waals surface area contributed by atoms with Gasteiger partial charge in [-0.05, 0) is 89.0 Å². The lowest BCUT2D eigenvalue weighted by molar-refractivity contribution is 0.657. The molecule has 9 aromatic rings. The topological polar surface area (TPSA) is 13.1 Å². The summed E-state index contributed by atoms with van der Waals surface area (Å²) in [5, 5.41) is 10.3. The number of rotatable bonds is 2. The van der Waals surface area contributed by atoms with Crippen molar-refractivity contribution in [3.05, 3.63) is 114 Å². The van der Waals surface area contributed by atoms with E-state index in [9.17, 15) is 0 Å². The molecule has 49 heavy (non-hydrogen) atoms. The van der Waals surface area contributed by atoms with E-state index in [0.717, 1.165) is 11.2 Å². The zero-order valence-electron chi connectivity index (χ0n) is 29.2. The highest BCUT2D eigenvalue weighted by atomic mass is 16.3. The highest BCUT2D eigenvalue weighted by molar-refractivity contribution is 6.69. The highest BCUT2D eigenvalue weighted by Gasteiger charge is 2.40. The van der Waals surface area contributed by atoms with Crippen LogP contribution in [0.4, 0.5) is 0 Å². The van der Waals surface area contributed by atoms with Crippen LogP contribution in [0.2, 0.25) is 0 Å². The zero-order chi connectivity index (χ0) is 33.5. The second-order valence-corrected chi connectivity index (χ2v) is 15.0. The number of furan rings is 1. The van der Waals surface area contributed by atoms with Gasteiger partial charge in [0, 0.05) is 16.2 Å². The van der Waals surface area contributed by atoms with Gasteiger partial charge in [0.25, 0.3) is 0 Å². The second kappa shape index (κ2) is 9.76. The van der Waals surface area contributed by atoms with Gasteiger partial charge in [-0.15, -0.1) is 16.4 Å². The molecule has 1 heterocycles. The molecule has 0 amide bonds. The maximum Gasteiger partial charge on any atom is 0.139 e. The summed E-state index contributed by atoms with van der Waals surface area (Å²) in [6.45, 7) is 4.76. The molecule has 6 heteroatoms. The Kier molecular flexibility index (Phi) is 5.75. The fourth-order valence-electron chi connectivity index (χ4n) is 9.54. The Morgan fingerprint density at radius 2 is 1.02 bits per heavy atom. The Morgan fingerprint density at radius 1 is 0.449 bits per heavy atom. The molecule has 0 aliphatic heterocycles. The van der Waals surface area contributed by atoms with Crippen LogP contribution in [-0.4, -0.2) is 39.2 Å². The van der Waals surface area contributed by atoms with Crippen molar-refractivity contribution in [2.45, 2.75) is 19.3 Å². The van der Waals surface area contributed by atoms with Crippen LogP contribution in [0.3, 0.4) is 0 Å². The average Bonchev–Trinajstić information content (AvgIpc) is 3.60. The summed E-state index contributed by atoms with van der Waals surface area (Å²) in [6.07, 6.45) is 0.